The van der Waals surface area contributed by atoms with Gasteiger partial charge in [-0.05, 0) is 29.8 Å². The molecule has 1 saturated heterocycles. The summed E-state index contributed by atoms with van der Waals surface area (Å²) in [5, 5.41) is 0. The summed E-state index contributed by atoms with van der Waals surface area (Å²) in [6.45, 7) is 3.22. The van der Waals surface area contributed by atoms with Crippen LogP contribution in [0.2, 0.25) is 0 Å². The third-order valence-corrected chi connectivity index (χ3v) is 7.79. The molecule has 0 atom stereocenters. The number of sulfonamides is 1. The molecule has 4 rings (SSSR count). The molecular formula is C23H29N3O7S. The van der Waals surface area contributed by atoms with Crippen molar-refractivity contribution in [1.82, 2.24) is 14.1 Å². The van der Waals surface area contributed by atoms with Gasteiger partial charge in [-0.1, -0.05) is 6.07 Å². The Balaban J connectivity index is 1.31. The van der Waals surface area contributed by atoms with E-state index in [1.807, 2.05) is 18.2 Å². The van der Waals surface area contributed by atoms with Crippen molar-refractivity contribution >= 4 is 15.9 Å². The molecule has 2 aromatic carbocycles. The Morgan fingerprint density at radius 1 is 0.971 bits per heavy atom. The quantitative estimate of drug-likeness (QED) is 0.547. The molecule has 2 heterocycles. The van der Waals surface area contributed by atoms with Gasteiger partial charge in [0.25, 0.3) is 0 Å². The number of methoxy groups -OCH3 is 2. The molecule has 0 N–H and O–H groups in total. The molecule has 2 aromatic rings. The van der Waals surface area contributed by atoms with Crippen molar-refractivity contribution in [3.05, 3.63) is 42.0 Å². The van der Waals surface area contributed by atoms with Gasteiger partial charge in [-0.25, -0.2) is 8.42 Å². The first-order chi connectivity index (χ1) is 16.3. The highest BCUT2D eigenvalue weighted by atomic mass is 32.2. The second-order valence-corrected chi connectivity index (χ2v) is 10.2. The van der Waals surface area contributed by atoms with E-state index in [1.165, 1.54) is 39.5 Å². The highest BCUT2D eigenvalue weighted by Gasteiger charge is 2.28. The van der Waals surface area contributed by atoms with Crippen LogP contribution in [0.4, 0.5) is 0 Å². The number of hydrogen-bond donors (Lipinski definition) is 0. The van der Waals surface area contributed by atoms with Crippen molar-refractivity contribution in [3.8, 4) is 23.0 Å². The molecule has 0 unspecified atom stereocenters. The maximum Gasteiger partial charge on any atom is 0.243 e. The van der Waals surface area contributed by atoms with Gasteiger partial charge in [0.15, 0.2) is 23.0 Å². The van der Waals surface area contributed by atoms with E-state index < -0.39 is 10.0 Å². The standard InChI is InChI=1S/C23H29N3O7S/c1-24(34(28,29)18-5-7-19(30-2)21(13-18)31-3)15-23(27)26-10-8-25(9-11-26)14-17-4-6-20-22(12-17)33-16-32-20/h4-7,12-13H,8-11,14-16H2,1-3H3. The van der Waals surface area contributed by atoms with E-state index in [2.05, 4.69) is 4.90 Å². The number of fused-ring (bicyclic) bond motifs is 1. The second kappa shape index (κ2) is 10.1. The van der Waals surface area contributed by atoms with Gasteiger partial charge in [0, 0.05) is 45.8 Å². The molecule has 0 aliphatic carbocycles. The lowest BCUT2D eigenvalue weighted by Gasteiger charge is -2.35. The average molecular weight is 492 g/mol. The van der Waals surface area contributed by atoms with E-state index in [1.54, 1.807) is 4.90 Å². The Morgan fingerprint density at radius 2 is 1.68 bits per heavy atom. The number of likely N-dealkylation sites (N-methyl/N-ethyl adjacent to an activating group) is 1. The summed E-state index contributed by atoms with van der Waals surface area (Å²) in [5.74, 6) is 2.02. The van der Waals surface area contributed by atoms with Crippen molar-refractivity contribution in [2.45, 2.75) is 11.4 Å². The van der Waals surface area contributed by atoms with Crippen molar-refractivity contribution in [1.29, 1.82) is 0 Å². The molecule has 2 aliphatic heterocycles. The van der Waals surface area contributed by atoms with Crippen LogP contribution in [0.25, 0.3) is 0 Å². The number of ether oxygens (including phenoxy) is 4. The van der Waals surface area contributed by atoms with Crippen LogP contribution in [0.15, 0.2) is 41.3 Å². The molecule has 11 heteroatoms. The summed E-state index contributed by atoms with van der Waals surface area (Å²) in [6, 6.07) is 10.3. The van der Waals surface area contributed by atoms with Crippen molar-refractivity contribution in [2.24, 2.45) is 0 Å². The number of rotatable bonds is 8. The van der Waals surface area contributed by atoms with Gasteiger partial charge in [0.05, 0.1) is 25.7 Å². The van der Waals surface area contributed by atoms with Crippen LogP contribution >= 0.6 is 0 Å². The Labute approximate surface area is 199 Å². The van der Waals surface area contributed by atoms with Crippen LogP contribution in [0, 0.1) is 0 Å². The third kappa shape index (κ3) is 5.06. The van der Waals surface area contributed by atoms with Crippen LogP contribution < -0.4 is 18.9 Å². The van der Waals surface area contributed by atoms with Crippen molar-refractivity contribution < 1.29 is 32.2 Å². The van der Waals surface area contributed by atoms with Gasteiger partial charge in [-0.15, -0.1) is 0 Å². The first-order valence-corrected chi connectivity index (χ1v) is 12.3. The molecule has 10 nitrogen and oxygen atoms in total. The zero-order valence-electron chi connectivity index (χ0n) is 19.5. The number of benzene rings is 2. The van der Waals surface area contributed by atoms with E-state index in [9.17, 15) is 13.2 Å². The molecule has 1 fully saturated rings. The first-order valence-electron chi connectivity index (χ1n) is 10.9. The van der Waals surface area contributed by atoms with Crippen molar-refractivity contribution in [3.63, 3.8) is 0 Å². The van der Waals surface area contributed by atoms with E-state index in [-0.39, 0.29) is 24.1 Å². The molecule has 0 bridgehead atoms. The number of carbonyl (C=O) groups is 1. The molecular weight excluding hydrogens is 462 g/mol. The summed E-state index contributed by atoms with van der Waals surface area (Å²) < 4.78 is 48.2. The minimum Gasteiger partial charge on any atom is -0.493 e. The first kappa shape index (κ1) is 24.1. The summed E-state index contributed by atoms with van der Waals surface area (Å²) in [6.07, 6.45) is 0. The van der Waals surface area contributed by atoms with Crippen LogP contribution in [-0.4, -0.2) is 89.2 Å². The van der Waals surface area contributed by atoms with Gasteiger partial charge in [-0.2, -0.15) is 4.31 Å². The third-order valence-electron chi connectivity index (χ3n) is 5.99. The summed E-state index contributed by atoms with van der Waals surface area (Å²) in [7, 11) is 0.450. The number of piperazine rings is 1. The number of carbonyl (C=O) groups excluding carboxylic acids is 1. The highest BCUT2D eigenvalue weighted by Crippen LogP contribution is 2.33. The number of amides is 1. The van der Waals surface area contributed by atoms with E-state index in [0.29, 0.717) is 37.7 Å². The van der Waals surface area contributed by atoms with Gasteiger partial charge >= 0.3 is 0 Å². The van der Waals surface area contributed by atoms with Gasteiger partial charge < -0.3 is 23.8 Å². The monoisotopic (exact) mass is 491 g/mol. The van der Waals surface area contributed by atoms with Crippen LogP contribution in [0.3, 0.4) is 0 Å². The largest absolute Gasteiger partial charge is 0.493 e. The number of nitrogens with zero attached hydrogens (tertiary/aromatic N) is 3. The summed E-state index contributed by atoms with van der Waals surface area (Å²) in [5.41, 5.74) is 1.12. The molecule has 2 aliphatic rings. The Hall–Kier alpha value is -3.02. The summed E-state index contributed by atoms with van der Waals surface area (Å²) >= 11 is 0. The smallest absolute Gasteiger partial charge is 0.243 e. The second-order valence-electron chi connectivity index (χ2n) is 8.12. The lowest BCUT2D eigenvalue weighted by atomic mass is 10.1. The predicted molar refractivity (Wildman–Crippen MR) is 124 cm³/mol. The van der Waals surface area contributed by atoms with Crippen LogP contribution in [0.1, 0.15) is 5.56 Å². The Kier molecular flexibility index (Phi) is 7.15. The lowest BCUT2D eigenvalue weighted by Crippen LogP contribution is -2.51. The van der Waals surface area contributed by atoms with Crippen LogP contribution in [-0.2, 0) is 21.4 Å². The summed E-state index contributed by atoms with van der Waals surface area (Å²) in [4.78, 5) is 16.8. The van der Waals surface area contributed by atoms with E-state index in [0.717, 1.165) is 27.9 Å². The van der Waals surface area contributed by atoms with Gasteiger partial charge in [0.1, 0.15) is 0 Å². The number of hydrogen-bond acceptors (Lipinski definition) is 8. The molecule has 0 spiro atoms. The fraction of sp³-hybridized carbons (Fsp3) is 0.435. The van der Waals surface area contributed by atoms with Gasteiger partial charge in [-0.3, -0.25) is 9.69 Å². The maximum atomic E-state index is 13.0. The van der Waals surface area contributed by atoms with Gasteiger partial charge in [0.2, 0.25) is 22.7 Å². The Morgan fingerprint density at radius 3 is 2.38 bits per heavy atom. The normalized spacial score (nSPS) is 16.1. The minimum atomic E-state index is -3.87. The Bertz CT molecular complexity index is 1150. The van der Waals surface area contributed by atoms with E-state index in [4.69, 9.17) is 18.9 Å². The zero-order chi connectivity index (χ0) is 24.3. The molecule has 0 aromatic heterocycles. The molecule has 1 amide bonds. The fourth-order valence-electron chi connectivity index (χ4n) is 3.99. The predicted octanol–water partition coefficient (Wildman–Crippen LogP) is 1.40. The minimum absolute atomic E-state index is 0.0361. The maximum absolute atomic E-state index is 13.0. The molecule has 184 valence electrons. The SMILES string of the molecule is COc1ccc(S(=O)(=O)N(C)CC(=O)N2CCN(Cc3ccc4c(c3)OCO4)CC2)cc1OC. The lowest BCUT2D eigenvalue weighted by molar-refractivity contribution is -0.133. The highest BCUT2D eigenvalue weighted by molar-refractivity contribution is 7.89. The van der Waals surface area contributed by atoms with Crippen LogP contribution in [0.5, 0.6) is 23.0 Å². The van der Waals surface area contributed by atoms with E-state index >= 15 is 0 Å². The topological polar surface area (TPSA) is 97.9 Å². The molecule has 0 saturated carbocycles. The average Bonchev–Trinajstić information content (AvgIpc) is 3.31. The fourth-order valence-corrected chi connectivity index (χ4v) is 5.12. The van der Waals surface area contributed by atoms with Crippen molar-refractivity contribution in [2.75, 3.05) is 60.8 Å². The zero-order valence-corrected chi connectivity index (χ0v) is 20.3. The molecule has 0 radical (unpaired) electrons. The molecule has 34 heavy (non-hydrogen) atoms.